The number of rotatable bonds is 7. The molecule has 0 radical (unpaired) electrons. The van der Waals surface area contributed by atoms with E-state index in [-0.39, 0.29) is 17.2 Å². The maximum Gasteiger partial charge on any atom is 0.301 e. The van der Waals surface area contributed by atoms with Crippen LogP contribution in [0.2, 0.25) is 0 Å². The number of aliphatic hydroxyl groups excluding tert-OH is 1. The number of anilines is 1. The molecule has 4 rings (SSSR count). The van der Waals surface area contributed by atoms with Crippen LogP contribution in [0, 0.1) is 6.92 Å². The molecule has 2 aromatic carbocycles. The molecule has 0 bridgehead atoms. The van der Waals surface area contributed by atoms with Crippen LogP contribution in [0.15, 0.2) is 64.7 Å². The van der Waals surface area contributed by atoms with Gasteiger partial charge in [0.2, 0.25) is 0 Å². The number of methoxy groups -OCH3 is 1. The first-order valence-corrected chi connectivity index (χ1v) is 10.6. The van der Waals surface area contributed by atoms with E-state index < -0.39 is 17.7 Å². The first-order chi connectivity index (χ1) is 15.9. The van der Waals surface area contributed by atoms with Crippen molar-refractivity contribution in [1.29, 1.82) is 0 Å². The summed E-state index contributed by atoms with van der Waals surface area (Å²) in [5.41, 5.74) is 0.972. The van der Waals surface area contributed by atoms with Crippen LogP contribution >= 0.6 is 0 Å². The van der Waals surface area contributed by atoms with Crippen molar-refractivity contribution < 1.29 is 28.7 Å². The summed E-state index contributed by atoms with van der Waals surface area (Å²) in [4.78, 5) is 27.4. The fraction of sp³-hybridized carbons (Fsp3) is 0.240. The quantitative estimate of drug-likeness (QED) is 0.325. The average molecular weight is 448 g/mol. The number of amides is 1. The number of hydrogen-bond donors (Lipinski definition) is 1. The van der Waals surface area contributed by atoms with Crippen LogP contribution in [0.25, 0.3) is 5.76 Å². The molecule has 8 nitrogen and oxygen atoms in total. The van der Waals surface area contributed by atoms with Crippen molar-refractivity contribution in [2.45, 2.75) is 26.3 Å². The number of benzene rings is 2. The van der Waals surface area contributed by atoms with Gasteiger partial charge in [-0.05, 0) is 55.3 Å². The highest BCUT2D eigenvalue weighted by molar-refractivity contribution is 6.51. The average Bonchev–Trinajstić information content (AvgIpc) is 3.38. The third kappa shape index (κ3) is 4.19. The number of Topliss-reactive ketones (excluding diaryl/α,β-unsaturated/α-hetero) is 1. The van der Waals surface area contributed by atoms with E-state index in [0.717, 1.165) is 6.42 Å². The highest BCUT2D eigenvalue weighted by atomic mass is 16.5. The molecule has 1 aliphatic rings. The van der Waals surface area contributed by atoms with E-state index in [4.69, 9.17) is 14.0 Å². The molecule has 170 valence electrons. The number of aliphatic hydroxyl groups is 1. The Morgan fingerprint density at radius 3 is 2.33 bits per heavy atom. The number of carbonyl (C=O) groups excluding carboxylic acids is 2. The Morgan fingerprint density at radius 2 is 1.76 bits per heavy atom. The molecule has 1 amide bonds. The van der Waals surface area contributed by atoms with Gasteiger partial charge in [0, 0.05) is 11.6 Å². The number of carbonyl (C=O) groups is 2. The molecule has 8 heteroatoms. The summed E-state index contributed by atoms with van der Waals surface area (Å²) in [6.07, 6.45) is 0.870. The van der Waals surface area contributed by atoms with Crippen LogP contribution in [0.5, 0.6) is 11.5 Å². The molecule has 0 spiro atoms. The van der Waals surface area contributed by atoms with E-state index in [0.29, 0.717) is 35.0 Å². The van der Waals surface area contributed by atoms with Gasteiger partial charge in [0.15, 0.2) is 5.82 Å². The Balaban J connectivity index is 1.83. The van der Waals surface area contributed by atoms with Gasteiger partial charge in [-0.3, -0.25) is 14.5 Å². The second-order valence-corrected chi connectivity index (χ2v) is 7.61. The SMILES string of the molecule is CCCOc1ccc(C(O)=C2C(=O)C(=O)N(c3cc(C)on3)C2c2ccc(OC)cc2)cc1. The van der Waals surface area contributed by atoms with E-state index in [1.807, 2.05) is 6.92 Å². The largest absolute Gasteiger partial charge is 0.507 e. The lowest BCUT2D eigenvalue weighted by atomic mass is 9.95. The predicted molar refractivity (Wildman–Crippen MR) is 121 cm³/mol. The molecular weight excluding hydrogens is 424 g/mol. The Bertz CT molecular complexity index is 1190. The molecule has 1 unspecified atom stereocenters. The molecule has 3 aromatic rings. The standard InChI is InChI=1S/C25H24N2O6/c1-4-13-32-19-11-7-17(8-12-19)23(28)21-22(16-5-9-18(31-3)10-6-16)27(25(30)24(21)29)20-14-15(2)33-26-20/h5-12,14,22,28H,4,13H2,1-3H3. The minimum atomic E-state index is -0.892. The summed E-state index contributed by atoms with van der Waals surface area (Å²) in [6.45, 7) is 4.28. The second kappa shape index (κ2) is 9.20. The smallest absolute Gasteiger partial charge is 0.301 e. The number of ketones is 1. The van der Waals surface area contributed by atoms with Crippen molar-refractivity contribution in [3.05, 3.63) is 77.1 Å². The third-order valence-corrected chi connectivity index (χ3v) is 5.34. The number of hydrogen-bond acceptors (Lipinski definition) is 7. The van der Waals surface area contributed by atoms with E-state index >= 15 is 0 Å². The molecule has 0 saturated carbocycles. The van der Waals surface area contributed by atoms with Crippen molar-refractivity contribution in [2.24, 2.45) is 0 Å². The fourth-order valence-corrected chi connectivity index (χ4v) is 3.72. The Kier molecular flexibility index (Phi) is 6.17. The first-order valence-electron chi connectivity index (χ1n) is 10.6. The summed E-state index contributed by atoms with van der Waals surface area (Å²) < 4.78 is 15.9. The Hall–Kier alpha value is -4.07. The maximum atomic E-state index is 13.1. The van der Waals surface area contributed by atoms with Gasteiger partial charge in [0.05, 0.1) is 25.3 Å². The predicted octanol–water partition coefficient (Wildman–Crippen LogP) is 4.41. The molecule has 1 aliphatic heterocycles. The third-order valence-electron chi connectivity index (χ3n) is 5.34. The summed E-state index contributed by atoms with van der Waals surface area (Å²) in [7, 11) is 1.55. The molecule has 1 aromatic heterocycles. The van der Waals surface area contributed by atoms with Gasteiger partial charge < -0.3 is 19.1 Å². The molecule has 1 fully saturated rings. The van der Waals surface area contributed by atoms with E-state index in [2.05, 4.69) is 5.16 Å². The van der Waals surface area contributed by atoms with Gasteiger partial charge in [-0.2, -0.15) is 0 Å². The molecular formula is C25H24N2O6. The minimum absolute atomic E-state index is 0.0342. The zero-order chi connectivity index (χ0) is 23.5. The molecule has 1 atom stereocenters. The van der Waals surface area contributed by atoms with Crippen LogP contribution in [0.3, 0.4) is 0 Å². The van der Waals surface area contributed by atoms with Gasteiger partial charge in [-0.25, -0.2) is 0 Å². The summed E-state index contributed by atoms with van der Waals surface area (Å²) in [5.74, 6) is 0.0721. The van der Waals surface area contributed by atoms with Gasteiger partial charge in [0.1, 0.15) is 23.0 Å². The first kappa shape index (κ1) is 22.1. The van der Waals surface area contributed by atoms with Crippen molar-refractivity contribution >= 4 is 23.3 Å². The van der Waals surface area contributed by atoms with Crippen molar-refractivity contribution in [3.63, 3.8) is 0 Å². The highest BCUT2D eigenvalue weighted by Gasteiger charge is 2.48. The van der Waals surface area contributed by atoms with Gasteiger partial charge >= 0.3 is 5.91 Å². The Morgan fingerprint density at radius 1 is 1.09 bits per heavy atom. The molecule has 1 N–H and O–H groups in total. The van der Waals surface area contributed by atoms with Gasteiger partial charge in [-0.1, -0.05) is 24.2 Å². The van der Waals surface area contributed by atoms with Crippen LogP contribution in [-0.2, 0) is 9.59 Å². The number of aromatic nitrogens is 1. The van der Waals surface area contributed by atoms with E-state index in [9.17, 15) is 14.7 Å². The van der Waals surface area contributed by atoms with Crippen molar-refractivity contribution in [2.75, 3.05) is 18.6 Å². The minimum Gasteiger partial charge on any atom is -0.507 e. The molecule has 1 saturated heterocycles. The van der Waals surface area contributed by atoms with Crippen LogP contribution in [-0.4, -0.2) is 35.7 Å². The normalized spacial score (nSPS) is 17.4. The lowest BCUT2D eigenvalue weighted by Gasteiger charge is -2.23. The van der Waals surface area contributed by atoms with Gasteiger partial charge in [0.25, 0.3) is 5.78 Å². The summed E-state index contributed by atoms with van der Waals surface area (Å²) >= 11 is 0. The topological polar surface area (TPSA) is 102 Å². The van der Waals surface area contributed by atoms with Crippen molar-refractivity contribution in [3.8, 4) is 11.5 Å². The number of nitrogens with zero attached hydrogens (tertiary/aromatic N) is 2. The zero-order valence-electron chi connectivity index (χ0n) is 18.6. The fourth-order valence-electron chi connectivity index (χ4n) is 3.72. The van der Waals surface area contributed by atoms with E-state index in [1.165, 1.54) is 4.90 Å². The van der Waals surface area contributed by atoms with Crippen LogP contribution < -0.4 is 14.4 Å². The lowest BCUT2D eigenvalue weighted by molar-refractivity contribution is -0.132. The number of aryl methyl sites for hydroxylation is 1. The second-order valence-electron chi connectivity index (χ2n) is 7.61. The molecule has 0 aliphatic carbocycles. The molecule has 33 heavy (non-hydrogen) atoms. The van der Waals surface area contributed by atoms with Crippen LogP contribution in [0.4, 0.5) is 5.82 Å². The van der Waals surface area contributed by atoms with Gasteiger partial charge in [-0.15, -0.1) is 0 Å². The summed E-state index contributed by atoms with van der Waals surface area (Å²) in [5, 5.41) is 15.1. The zero-order valence-corrected chi connectivity index (χ0v) is 18.6. The monoisotopic (exact) mass is 448 g/mol. The lowest BCUT2D eigenvalue weighted by Crippen LogP contribution is -2.29. The maximum absolute atomic E-state index is 13.1. The van der Waals surface area contributed by atoms with E-state index in [1.54, 1.807) is 68.6 Å². The number of ether oxygens (including phenoxy) is 2. The Labute approximate surface area is 191 Å². The highest BCUT2D eigenvalue weighted by Crippen LogP contribution is 2.42. The molecule has 2 heterocycles. The summed E-state index contributed by atoms with van der Waals surface area (Å²) in [6, 6.07) is 14.3. The van der Waals surface area contributed by atoms with Crippen LogP contribution in [0.1, 0.15) is 36.3 Å². The van der Waals surface area contributed by atoms with Crippen molar-refractivity contribution in [1.82, 2.24) is 5.16 Å².